The van der Waals surface area contributed by atoms with E-state index in [0.717, 1.165) is 32.1 Å². The molecule has 30 heavy (non-hydrogen) atoms. The Bertz CT molecular complexity index is 750. The van der Waals surface area contributed by atoms with Crippen LogP contribution in [-0.2, 0) is 15.8 Å². The van der Waals surface area contributed by atoms with Gasteiger partial charge in [-0.25, -0.2) is 8.42 Å². The molecule has 1 N–H and O–H groups in total. The molecule has 0 amide bonds. The number of piperazine rings is 1. The van der Waals surface area contributed by atoms with Crippen molar-refractivity contribution in [1.82, 2.24) is 24.6 Å². The van der Waals surface area contributed by atoms with Gasteiger partial charge in [-0.05, 0) is 33.2 Å². The normalized spacial score (nSPS) is 22.0. The lowest BCUT2D eigenvalue weighted by Crippen LogP contribution is -2.54. The number of aliphatic imine (C=N–C) groups is 1. The lowest BCUT2D eigenvalue weighted by Gasteiger charge is -2.36. The zero-order valence-electron chi connectivity index (χ0n) is 18.0. The predicted molar refractivity (Wildman–Crippen MR) is 129 cm³/mol. The lowest BCUT2D eigenvalue weighted by molar-refractivity contribution is 0.165. The number of nitrogens with one attached hydrogen (secondary N) is 1. The van der Waals surface area contributed by atoms with Crippen LogP contribution in [0.15, 0.2) is 21.8 Å². The fourth-order valence-corrected chi connectivity index (χ4v) is 5.39. The Morgan fingerprint density at radius 1 is 1.27 bits per heavy atom. The lowest BCUT2D eigenvalue weighted by atomic mass is 10.0. The highest BCUT2D eigenvalue weighted by atomic mass is 127. The van der Waals surface area contributed by atoms with Gasteiger partial charge in [-0.15, -0.1) is 24.0 Å². The quantitative estimate of drug-likeness (QED) is 0.311. The van der Waals surface area contributed by atoms with Crippen molar-refractivity contribution in [2.45, 2.75) is 44.9 Å². The zero-order chi connectivity index (χ0) is 20.7. The van der Waals surface area contributed by atoms with E-state index in [1.165, 1.54) is 29.8 Å². The number of sulfonamides is 1. The third kappa shape index (κ3) is 7.06. The second-order valence-electron chi connectivity index (χ2n) is 7.75. The maximum Gasteiger partial charge on any atom is 0.220 e. The van der Waals surface area contributed by atoms with E-state index in [0.29, 0.717) is 37.9 Å². The molecule has 1 atom stereocenters. The molecule has 0 aromatic carbocycles. The van der Waals surface area contributed by atoms with Crippen LogP contribution >= 0.6 is 24.0 Å². The van der Waals surface area contributed by atoms with Gasteiger partial charge in [0.15, 0.2) is 5.96 Å². The van der Waals surface area contributed by atoms with Crippen molar-refractivity contribution in [2.75, 3.05) is 52.4 Å². The third-order valence-electron chi connectivity index (χ3n) is 5.68. The monoisotopic (exact) mass is 554 g/mol. The molecule has 0 radical (unpaired) electrons. The first-order chi connectivity index (χ1) is 14.0. The summed E-state index contributed by atoms with van der Waals surface area (Å²) in [5, 5.41) is 7.08. The van der Waals surface area contributed by atoms with Crippen LogP contribution in [0.25, 0.3) is 0 Å². The molecule has 2 fully saturated rings. The van der Waals surface area contributed by atoms with Crippen molar-refractivity contribution in [3.05, 3.63) is 18.0 Å². The first-order valence-corrected chi connectivity index (χ1v) is 12.2. The van der Waals surface area contributed by atoms with E-state index >= 15 is 0 Å². The summed E-state index contributed by atoms with van der Waals surface area (Å²) in [5.41, 5.74) is 0.439. The highest BCUT2D eigenvalue weighted by Gasteiger charge is 2.29. The van der Waals surface area contributed by atoms with Gasteiger partial charge in [-0.1, -0.05) is 11.6 Å². The molecule has 172 valence electrons. The smallest absolute Gasteiger partial charge is 0.220 e. The van der Waals surface area contributed by atoms with Gasteiger partial charge in [0.2, 0.25) is 10.0 Å². The molecule has 1 aromatic heterocycles. The topological polar surface area (TPSA) is 94.3 Å². The molecular formula is C19H35IN6O3S. The first-order valence-electron chi connectivity index (χ1n) is 10.6. The Morgan fingerprint density at radius 2 is 2.03 bits per heavy atom. The molecule has 1 aromatic rings. The zero-order valence-corrected chi connectivity index (χ0v) is 21.1. The second kappa shape index (κ2) is 12.2. The van der Waals surface area contributed by atoms with Gasteiger partial charge in [-0.3, -0.25) is 9.89 Å². The van der Waals surface area contributed by atoms with Crippen LogP contribution in [0.3, 0.4) is 0 Å². The maximum atomic E-state index is 12.6. The van der Waals surface area contributed by atoms with Crippen molar-refractivity contribution in [2.24, 2.45) is 4.99 Å². The number of hydrogen-bond donors (Lipinski definition) is 1. The summed E-state index contributed by atoms with van der Waals surface area (Å²) >= 11 is 0. The molecule has 1 unspecified atom stereocenters. The Hall–Kier alpha value is -0.920. The Morgan fingerprint density at radius 3 is 2.67 bits per heavy atom. The van der Waals surface area contributed by atoms with Gasteiger partial charge in [-0.2, -0.15) is 4.31 Å². The number of likely N-dealkylation sites (tertiary alicyclic amines) is 1. The number of piperidine rings is 1. The minimum atomic E-state index is -3.39. The third-order valence-corrected chi connectivity index (χ3v) is 7.49. The number of halogens is 1. The Balaban J connectivity index is 0.00000320. The van der Waals surface area contributed by atoms with Gasteiger partial charge in [0, 0.05) is 51.4 Å². The van der Waals surface area contributed by atoms with Crippen LogP contribution in [0.2, 0.25) is 0 Å². The highest BCUT2D eigenvalue weighted by Crippen LogP contribution is 2.16. The number of nitrogens with zero attached hydrogens (tertiary/aromatic N) is 5. The van der Waals surface area contributed by atoms with Crippen LogP contribution < -0.4 is 5.32 Å². The molecule has 0 saturated carbocycles. The van der Waals surface area contributed by atoms with Crippen LogP contribution in [0.4, 0.5) is 0 Å². The average Bonchev–Trinajstić information content (AvgIpc) is 3.21. The standard InChI is InChI=1S/C19H34N6O3S.HI/c1-3-20-19(21-8-10-23-9-5-4-6-17(23)2)24-11-13-25(14-12-24)29(26,27)16-18-7-15-28-22-18;/h7,15,17H,3-6,8-14,16H2,1-2H3,(H,20,21);1H. The Labute approximate surface area is 197 Å². The summed E-state index contributed by atoms with van der Waals surface area (Å²) in [5.74, 6) is 0.761. The minimum absolute atomic E-state index is 0. The van der Waals surface area contributed by atoms with Crippen LogP contribution in [-0.4, -0.2) is 92.0 Å². The molecule has 3 heterocycles. The minimum Gasteiger partial charge on any atom is -0.364 e. The first kappa shape index (κ1) is 25.3. The molecule has 3 rings (SSSR count). The van der Waals surface area contributed by atoms with Crippen LogP contribution in [0.5, 0.6) is 0 Å². The largest absolute Gasteiger partial charge is 0.364 e. The summed E-state index contributed by atoms with van der Waals surface area (Å²) < 4.78 is 31.5. The van der Waals surface area contributed by atoms with Gasteiger partial charge >= 0.3 is 0 Å². The molecule has 0 aliphatic carbocycles. The fourth-order valence-electron chi connectivity index (χ4n) is 3.97. The molecule has 11 heteroatoms. The van der Waals surface area contributed by atoms with Crippen molar-refractivity contribution in [3.63, 3.8) is 0 Å². The molecule has 9 nitrogen and oxygen atoms in total. The van der Waals surface area contributed by atoms with Crippen molar-refractivity contribution >= 4 is 40.0 Å². The summed E-state index contributed by atoms with van der Waals surface area (Å²) in [6, 6.07) is 2.23. The number of rotatable bonds is 7. The van der Waals surface area contributed by atoms with E-state index in [4.69, 9.17) is 9.52 Å². The number of hydrogen-bond acceptors (Lipinski definition) is 6. The number of aromatic nitrogens is 1. The van der Waals surface area contributed by atoms with Gasteiger partial charge < -0.3 is 14.7 Å². The summed E-state index contributed by atoms with van der Waals surface area (Å²) in [6.45, 7) is 10.2. The van der Waals surface area contributed by atoms with Crippen LogP contribution in [0.1, 0.15) is 38.8 Å². The van der Waals surface area contributed by atoms with Crippen molar-refractivity contribution in [3.8, 4) is 0 Å². The molecule has 2 saturated heterocycles. The molecule has 2 aliphatic rings. The Kier molecular flexibility index (Phi) is 10.3. The van der Waals surface area contributed by atoms with E-state index in [9.17, 15) is 8.42 Å². The van der Waals surface area contributed by atoms with E-state index in [2.05, 4.69) is 34.1 Å². The molecule has 2 aliphatic heterocycles. The highest BCUT2D eigenvalue weighted by molar-refractivity contribution is 14.0. The van der Waals surface area contributed by atoms with Gasteiger partial charge in [0.25, 0.3) is 0 Å². The van der Waals surface area contributed by atoms with E-state index < -0.39 is 10.0 Å². The van der Waals surface area contributed by atoms with E-state index in [1.807, 2.05) is 0 Å². The average molecular weight is 554 g/mol. The predicted octanol–water partition coefficient (Wildman–Crippen LogP) is 1.58. The van der Waals surface area contributed by atoms with E-state index in [1.54, 1.807) is 6.07 Å². The summed E-state index contributed by atoms with van der Waals surface area (Å²) in [4.78, 5) is 9.49. The SMILES string of the molecule is CCNC(=NCCN1CCCCC1C)N1CCN(S(=O)(=O)Cc2ccon2)CC1.I. The van der Waals surface area contributed by atoms with Crippen LogP contribution in [0, 0.1) is 0 Å². The number of guanidine groups is 1. The fraction of sp³-hybridized carbons (Fsp3) is 0.789. The van der Waals surface area contributed by atoms with Gasteiger partial charge in [0.1, 0.15) is 12.0 Å². The van der Waals surface area contributed by atoms with Crippen molar-refractivity contribution in [1.29, 1.82) is 0 Å². The molecule has 0 bridgehead atoms. The van der Waals surface area contributed by atoms with E-state index in [-0.39, 0.29) is 29.7 Å². The van der Waals surface area contributed by atoms with Gasteiger partial charge in [0.05, 0.1) is 12.2 Å². The molecular weight excluding hydrogens is 519 g/mol. The molecule has 0 spiro atoms. The maximum absolute atomic E-state index is 12.6. The second-order valence-corrected chi connectivity index (χ2v) is 9.72. The summed E-state index contributed by atoms with van der Waals surface area (Å²) in [6.07, 6.45) is 5.27. The summed E-state index contributed by atoms with van der Waals surface area (Å²) in [7, 11) is -3.39. The van der Waals surface area contributed by atoms with Crippen molar-refractivity contribution < 1.29 is 12.9 Å².